The van der Waals surface area contributed by atoms with Crippen LogP contribution < -0.4 is 10.1 Å². The monoisotopic (exact) mass is 455 g/mol. The summed E-state index contributed by atoms with van der Waals surface area (Å²) in [7, 11) is 1.62. The average molecular weight is 456 g/mol. The number of aryl methyl sites for hydroxylation is 1. The lowest BCUT2D eigenvalue weighted by Gasteiger charge is -2.16. The van der Waals surface area contributed by atoms with Crippen LogP contribution in [0.15, 0.2) is 69.4 Å². The van der Waals surface area contributed by atoms with E-state index < -0.39 is 11.1 Å². The molecule has 4 rings (SSSR count). The molecule has 0 amide bonds. The highest BCUT2D eigenvalue weighted by Crippen LogP contribution is 2.32. The molecular formula is C22H21N3O4S2. The third kappa shape index (κ3) is 5.01. The first kappa shape index (κ1) is 21.2. The second kappa shape index (κ2) is 9.42. The predicted molar refractivity (Wildman–Crippen MR) is 121 cm³/mol. The van der Waals surface area contributed by atoms with Crippen LogP contribution in [0, 0.1) is 6.92 Å². The lowest BCUT2D eigenvalue weighted by Crippen LogP contribution is -2.14. The van der Waals surface area contributed by atoms with Gasteiger partial charge in [-0.25, -0.2) is 14.2 Å². The largest absolute Gasteiger partial charge is 0.496 e. The molecule has 2 aromatic heterocycles. The van der Waals surface area contributed by atoms with Gasteiger partial charge >= 0.3 is 0 Å². The number of hydrogen-bond donors (Lipinski definition) is 2. The van der Waals surface area contributed by atoms with Crippen LogP contribution in [0.5, 0.6) is 5.75 Å². The van der Waals surface area contributed by atoms with Gasteiger partial charge in [0.25, 0.3) is 6.01 Å². The minimum atomic E-state index is -1.99. The van der Waals surface area contributed by atoms with E-state index in [4.69, 9.17) is 9.15 Å². The predicted octanol–water partition coefficient (Wildman–Crippen LogP) is 5.09. The number of hydrogen-bond acceptors (Lipinski definition) is 7. The molecule has 0 aliphatic heterocycles. The molecule has 2 N–H and O–H groups in total. The molecule has 2 heterocycles. The average Bonchev–Trinajstić information content (AvgIpc) is 3.42. The van der Waals surface area contributed by atoms with Gasteiger partial charge in [-0.2, -0.15) is 0 Å². The molecule has 7 nitrogen and oxygen atoms in total. The summed E-state index contributed by atoms with van der Waals surface area (Å²) in [6.07, 6.45) is 2.27. The number of nitrogens with one attached hydrogen (secondary N) is 1. The maximum absolute atomic E-state index is 11.2. The summed E-state index contributed by atoms with van der Waals surface area (Å²) in [4.78, 5) is 9.37. The van der Waals surface area contributed by atoms with E-state index in [9.17, 15) is 8.76 Å². The number of ether oxygens (including phenoxy) is 1. The van der Waals surface area contributed by atoms with Crippen LogP contribution in [0.2, 0.25) is 0 Å². The van der Waals surface area contributed by atoms with E-state index in [-0.39, 0.29) is 6.04 Å². The van der Waals surface area contributed by atoms with Gasteiger partial charge in [-0.05, 0) is 43.2 Å². The van der Waals surface area contributed by atoms with Crippen molar-refractivity contribution in [3.05, 3.63) is 76.4 Å². The van der Waals surface area contributed by atoms with Crippen molar-refractivity contribution in [1.82, 2.24) is 9.97 Å². The number of anilines is 1. The van der Waals surface area contributed by atoms with Gasteiger partial charge in [0, 0.05) is 5.38 Å². The van der Waals surface area contributed by atoms with Crippen molar-refractivity contribution in [1.29, 1.82) is 0 Å². The number of aromatic nitrogens is 2. The van der Waals surface area contributed by atoms with Crippen LogP contribution in [0.1, 0.15) is 22.3 Å². The Kier molecular flexibility index (Phi) is 6.45. The van der Waals surface area contributed by atoms with Gasteiger partial charge in [-0.1, -0.05) is 24.3 Å². The van der Waals surface area contributed by atoms with Gasteiger partial charge < -0.3 is 19.0 Å². The molecule has 0 saturated heterocycles. The number of oxazole rings is 1. The van der Waals surface area contributed by atoms with Crippen molar-refractivity contribution >= 4 is 28.4 Å². The van der Waals surface area contributed by atoms with Crippen molar-refractivity contribution in [2.75, 3.05) is 12.4 Å². The van der Waals surface area contributed by atoms with Crippen LogP contribution in [-0.2, 0) is 17.5 Å². The van der Waals surface area contributed by atoms with Crippen LogP contribution in [0.3, 0.4) is 0 Å². The molecule has 2 atom stereocenters. The van der Waals surface area contributed by atoms with Crippen LogP contribution in [0.25, 0.3) is 11.3 Å². The normalized spacial score (nSPS) is 13.0. The van der Waals surface area contributed by atoms with Gasteiger partial charge in [-0.3, -0.25) is 0 Å². The minimum absolute atomic E-state index is 0.181. The quantitative estimate of drug-likeness (QED) is 0.357. The Morgan fingerprint density at radius 1 is 1.23 bits per heavy atom. The van der Waals surface area contributed by atoms with Crippen LogP contribution in [-0.4, -0.2) is 25.8 Å². The van der Waals surface area contributed by atoms with Crippen molar-refractivity contribution in [3.63, 3.8) is 0 Å². The first-order valence-electron chi connectivity index (χ1n) is 9.51. The lowest BCUT2D eigenvalue weighted by atomic mass is 10.0. The Labute approximate surface area is 186 Å². The standard InChI is InChI=1S/C22H21N3O4S2/c1-14-24-19(13-30-14)18(11-15-7-9-16(10-8-15)31(26)27)25-22-23-12-21(29-22)17-5-3-4-6-20(17)28-2/h3-10,12-13,18H,11H2,1-2H3,(H,23,25)(H,26,27)/t18-/m0/s1. The van der Waals surface area contributed by atoms with E-state index in [1.165, 1.54) is 0 Å². The first-order valence-corrected chi connectivity index (χ1v) is 11.5. The van der Waals surface area contributed by atoms with E-state index in [0.29, 0.717) is 28.8 Å². The number of methoxy groups -OCH3 is 1. The van der Waals surface area contributed by atoms with Gasteiger partial charge in [0.1, 0.15) is 5.75 Å². The number of thiazole rings is 1. The summed E-state index contributed by atoms with van der Waals surface area (Å²) in [5.74, 6) is 1.31. The third-order valence-corrected chi connectivity index (χ3v) is 6.20. The Balaban J connectivity index is 1.58. The Morgan fingerprint density at radius 2 is 2.00 bits per heavy atom. The van der Waals surface area contributed by atoms with E-state index in [2.05, 4.69) is 15.3 Å². The number of nitrogens with zero attached hydrogens (tertiary/aromatic N) is 2. The van der Waals surface area contributed by atoms with Crippen LogP contribution in [0.4, 0.5) is 6.01 Å². The SMILES string of the molecule is COc1ccccc1-c1cnc(N[C@@H](Cc2ccc(S(=O)O)cc2)c2csc(C)n2)o1. The highest BCUT2D eigenvalue weighted by molar-refractivity contribution is 7.79. The van der Waals surface area contributed by atoms with E-state index >= 15 is 0 Å². The summed E-state index contributed by atoms with van der Waals surface area (Å²) in [6, 6.07) is 14.8. The molecule has 9 heteroatoms. The van der Waals surface area contributed by atoms with Crippen molar-refractivity contribution < 1.29 is 17.9 Å². The van der Waals surface area contributed by atoms with E-state index in [1.54, 1.807) is 36.8 Å². The Morgan fingerprint density at radius 3 is 2.68 bits per heavy atom. The first-order chi connectivity index (χ1) is 15.0. The topological polar surface area (TPSA) is 97.5 Å². The van der Waals surface area contributed by atoms with Gasteiger partial charge in [0.2, 0.25) is 0 Å². The van der Waals surface area contributed by atoms with E-state index in [1.807, 2.05) is 48.7 Å². The molecule has 0 saturated carbocycles. The summed E-state index contributed by atoms with van der Waals surface area (Å²) in [5.41, 5.74) is 2.70. The fourth-order valence-corrected chi connectivity index (χ4v) is 4.25. The zero-order valence-corrected chi connectivity index (χ0v) is 18.6. The molecule has 0 aliphatic rings. The number of benzene rings is 2. The van der Waals surface area contributed by atoms with Gasteiger partial charge in [0.05, 0.1) is 40.5 Å². The molecule has 0 fully saturated rings. The molecular weight excluding hydrogens is 434 g/mol. The summed E-state index contributed by atoms with van der Waals surface area (Å²) < 4.78 is 31.8. The van der Waals surface area contributed by atoms with Crippen molar-refractivity contribution in [2.24, 2.45) is 0 Å². The molecule has 0 aliphatic carbocycles. The third-order valence-electron chi connectivity index (χ3n) is 4.73. The molecule has 160 valence electrons. The molecule has 0 bridgehead atoms. The molecule has 0 spiro atoms. The Bertz CT molecular complexity index is 1190. The molecule has 2 aromatic carbocycles. The highest BCUT2D eigenvalue weighted by Gasteiger charge is 2.19. The maximum Gasteiger partial charge on any atom is 0.295 e. The second-order valence-electron chi connectivity index (χ2n) is 6.82. The van der Waals surface area contributed by atoms with Gasteiger partial charge in [0.15, 0.2) is 16.8 Å². The zero-order valence-electron chi connectivity index (χ0n) is 16.9. The molecule has 1 unspecified atom stereocenters. The number of para-hydroxylation sites is 1. The van der Waals surface area contributed by atoms with Crippen molar-refractivity contribution in [2.45, 2.75) is 24.3 Å². The molecule has 4 aromatic rings. The summed E-state index contributed by atoms with van der Waals surface area (Å²) in [5, 5.41) is 6.31. The van der Waals surface area contributed by atoms with E-state index in [0.717, 1.165) is 21.8 Å². The number of rotatable bonds is 8. The highest BCUT2D eigenvalue weighted by atomic mass is 32.2. The molecule has 0 radical (unpaired) electrons. The van der Waals surface area contributed by atoms with Crippen LogP contribution >= 0.6 is 11.3 Å². The minimum Gasteiger partial charge on any atom is -0.496 e. The smallest absolute Gasteiger partial charge is 0.295 e. The fourth-order valence-electron chi connectivity index (χ4n) is 3.21. The van der Waals surface area contributed by atoms with Crippen molar-refractivity contribution in [3.8, 4) is 17.1 Å². The fraction of sp³-hybridized carbons (Fsp3) is 0.182. The summed E-state index contributed by atoms with van der Waals surface area (Å²) >= 11 is -0.419. The second-order valence-corrected chi connectivity index (χ2v) is 8.85. The lowest BCUT2D eigenvalue weighted by molar-refractivity contribution is 0.414. The maximum atomic E-state index is 11.2. The summed E-state index contributed by atoms with van der Waals surface area (Å²) in [6.45, 7) is 1.96. The zero-order chi connectivity index (χ0) is 21.8. The Hall–Kier alpha value is -3.01. The van der Waals surface area contributed by atoms with Gasteiger partial charge in [-0.15, -0.1) is 11.3 Å². The molecule has 31 heavy (non-hydrogen) atoms.